The van der Waals surface area contributed by atoms with Gasteiger partial charge in [0.1, 0.15) is 5.82 Å². The maximum Gasteiger partial charge on any atom is 0.310 e. The standard InChI is InChI=1S/C13H15BrFNO3/c1-8(13(18)19-3)7-16(2)12(17)9-4-10(14)6-11(15)5-9/h4-6,8H,7H2,1-3H3. The molecule has 0 aliphatic heterocycles. The molecule has 1 rings (SSSR count). The molecule has 1 aromatic carbocycles. The number of hydrogen-bond donors (Lipinski definition) is 0. The van der Waals surface area contributed by atoms with E-state index in [1.54, 1.807) is 14.0 Å². The van der Waals surface area contributed by atoms with Crippen LogP contribution in [-0.4, -0.2) is 37.5 Å². The van der Waals surface area contributed by atoms with Crippen molar-refractivity contribution in [2.24, 2.45) is 5.92 Å². The lowest BCUT2D eigenvalue weighted by atomic mass is 10.1. The van der Waals surface area contributed by atoms with Gasteiger partial charge in [0.2, 0.25) is 0 Å². The quantitative estimate of drug-likeness (QED) is 0.796. The Labute approximate surface area is 119 Å². The third-order valence-corrected chi connectivity index (χ3v) is 3.07. The molecule has 0 aromatic heterocycles. The summed E-state index contributed by atoms with van der Waals surface area (Å²) in [5.41, 5.74) is 0.228. The van der Waals surface area contributed by atoms with Crippen molar-refractivity contribution in [3.05, 3.63) is 34.1 Å². The topological polar surface area (TPSA) is 46.6 Å². The lowest BCUT2D eigenvalue weighted by Crippen LogP contribution is -2.34. The Morgan fingerprint density at radius 2 is 2.05 bits per heavy atom. The van der Waals surface area contributed by atoms with E-state index in [-0.39, 0.29) is 24.0 Å². The van der Waals surface area contributed by atoms with E-state index < -0.39 is 11.7 Å². The summed E-state index contributed by atoms with van der Waals surface area (Å²) in [6, 6.07) is 3.96. The highest BCUT2D eigenvalue weighted by Gasteiger charge is 2.20. The zero-order chi connectivity index (χ0) is 14.6. The summed E-state index contributed by atoms with van der Waals surface area (Å²) in [7, 11) is 2.85. The monoisotopic (exact) mass is 331 g/mol. The first kappa shape index (κ1) is 15.6. The number of nitrogens with zero attached hydrogens (tertiary/aromatic N) is 1. The van der Waals surface area contributed by atoms with E-state index in [0.29, 0.717) is 4.47 Å². The number of halogens is 2. The van der Waals surface area contributed by atoms with Crippen LogP contribution in [0.3, 0.4) is 0 Å². The van der Waals surface area contributed by atoms with Crippen molar-refractivity contribution in [1.29, 1.82) is 0 Å². The largest absolute Gasteiger partial charge is 0.469 e. The molecule has 6 heteroatoms. The molecule has 1 amide bonds. The Hall–Kier alpha value is -1.43. The zero-order valence-electron chi connectivity index (χ0n) is 10.9. The Morgan fingerprint density at radius 3 is 2.58 bits per heavy atom. The molecule has 0 N–H and O–H groups in total. The minimum atomic E-state index is -0.493. The first-order valence-electron chi connectivity index (χ1n) is 5.64. The van der Waals surface area contributed by atoms with E-state index >= 15 is 0 Å². The summed E-state index contributed by atoms with van der Waals surface area (Å²) in [6.07, 6.45) is 0. The van der Waals surface area contributed by atoms with Gasteiger partial charge in [-0.3, -0.25) is 9.59 Å². The Balaban J connectivity index is 2.79. The van der Waals surface area contributed by atoms with Crippen LogP contribution in [0.4, 0.5) is 4.39 Å². The summed E-state index contributed by atoms with van der Waals surface area (Å²) in [6.45, 7) is 1.87. The third kappa shape index (κ3) is 4.31. The molecule has 0 bridgehead atoms. The van der Waals surface area contributed by atoms with E-state index in [1.165, 1.54) is 24.1 Å². The fourth-order valence-electron chi connectivity index (χ4n) is 1.67. The van der Waals surface area contributed by atoms with Gasteiger partial charge in [-0.05, 0) is 18.2 Å². The number of esters is 1. The Kier molecular flexibility index (Phi) is 5.47. The van der Waals surface area contributed by atoms with Crippen LogP contribution < -0.4 is 0 Å². The maximum absolute atomic E-state index is 13.2. The van der Waals surface area contributed by atoms with Gasteiger partial charge in [0, 0.05) is 23.6 Å². The van der Waals surface area contributed by atoms with Gasteiger partial charge in [0.25, 0.3) is 5.91 Å². The second kappa shape index (κ2) is 6.65. The van der Waals surface area contributed by atoms with Crippen molar-refractivity contribution < 1.29 is 18.7 Å². The van der Waals surface area contributed by atoms with Gasteiger partial charge in [-0.25, -0.2) is 4.39 Å². The summed E-state index contributed by atoms with van der Waals surface area (Å²) in [5.74, 6) is -1.67. The van der Waals surface area contributed by atoms with Crippen molar-refractivity contribution >= 4 is 27.8 Å². The van der Waals surface area contributed by atoms with Crippen molar-refractivity contribution in [2.75, 3.05) is 20.7 Å². The Bertz CT molecular complexity index is 473. The second-order valence-electron chi connectivity index (χ2n) is 4.27. The van der Waals surface area contributed by atoms with Crippen LogP contribution >= 0.6 is 15.9 Å². The molecular formula is C13H15BrFNO3. The summed E-state index contributed by atoms with van der Waals surface area (Å²) < 4.78 is 18.3. The van der Waals surface area contributed by atoms with Gasteiger partial charge >= 0.3 is 5.97 Å². The van der Waals surface area contributed by atoms with Crippen molar-refractivity contribution in [3.8, 4) is 0 Å². The molecule has 0 aliphatic rings. The molecule has 0 saturated heterocycles. The molecule has 0 aliphatic carbocycles. The van der Waals surface area contributed by atoms with Gasteiger partial charge < -0.3 is 9.64 Å². The van der Waals surface area contributed by atoms with Crippen molar-refractivity contribution in [2.45, 2.75) is 6.92 Å². The van der Waals surface area contributed by atoms with E-state index in [9.17, 15) is 14.0 Å². The first-order chi connectivity index (χ1) is 8.85. The average Bonchev–Trinajstić information content (AvgIpc) is 2.35. The average molecular weight is 332 g/mol. The van der Waals surface area contributed by atoms with Gasteiger partial charge in [-0.1, -0.05) is 22.9 Å². The van der Waals surface area contributed by atoms with Crippen LogP contribution in [-0.2, 0) is 9.53 Å². The van der Waals surface area contributed by atoms with Crippen LogP contribution in [0.15, 0.2) is 22.7 Å². The molecule has 0 radical (unpaired) electrons. The molecule has 0 saturated carbocycles. The number of ether oxygens (including phenoxy) is 1. The van der Waals surface area contributed by atoms with Gasteiger partial charge in [-0.2, -0.15) is 0 Å². The zero-order valence-corrected chi connectivity index (χ0v) is 12.5. The number of amides is 1. The molecule has 0 fully saturated rings. The fourth-order valence-corrected chi connectivity index (χ4v) is 2.13. The van der Waals surface area contributed by atoms with Crippen molar-refractivity contribution in [1.82, 2.24) is 4.90 Å². The molecule has 0 heterocycles. The number of methoxy groups -OCH3 is 1. The maximum atomic E-state index is 13.2. The molecule has 1 aromatic rings. The fraction of sp³-hybridized carbons (Fsp3) is 0.385. The van der Waals surface area contributed by atoms with Crippen LogP contribution in [0.2, 0.25) is 0 Å². The molecule has 104 valence electrons. The summed E-state index contributed by atoms with van der Waals surface area (Å²) in [5, 5.41) is 0. The van der Waals surface area contributed by atoms with E-state index in [1.807, 2.05) is 0 Å². The molecular weight excluding hydrogens is 317 g/mol. The lowest BCUT2D eigenvalue weighted by molar-refractivity contribution is -0.145. The van der Waals surface area contributed by atoms with E-state index in [4.69, 9.17) is 0 Å². The number of hydrogen-bond acceptors (Lipinski definition) is 3. The van der Waals surface area contributed by atoms with Crippen molar-refractivity contribution in [3.63, 3.8) is 0 Å². The van der Waals surface area contributed by atoms with Crippen LogP contribution in [0, 0.1) is 11.7 Å². The van der Waals surface area contributed by atoms with Crippen LogP contribution in [0.25, 0.3) is 0 Å². The number of benzene rings is 1. The van der Waals surface area contributed by atoms with Gasteiger partial charge in [-0.15, -0.1) is 0 Å². The molecule has 1 unspecified atom stereocenters. The summed E-state index contributed by atoms with van der Waals surface area (Å²) >= 11 is 3.13. The summed E-state index contributed by atoms with van der Waals surface area (Å²) in [4.78, 5) is 24.7. The van der Waals surface area contributed by atoms with Crippen LogP contribution in [0.1, 0.15) is 17.3 Å². The lowest BCUT2D eigenvalue weighted by Gasteiger charge is -2.20. The number of rotatable bonds is 4. The minimum absolute atomic E-state index is 0.208. The highest BCUT2D eigenvalue weighted by molar-refractivity contribution is 9.10. The van der Waals surface area contributed by atoms with E-state index in [0.717, 1.165) is 6.07 Å². The molecule has 19 heavy (non-hydrogen) atoms. The van der Waals surface area contributed by atoms with Gasteiger partial charge in [0.15, 0.2) is 0 Å². The second-order valence-corrected chi connectivity index (χ2v) is 5.18. The Morgan fingerprint density at radius 1 is 1.42 bits per heavy atom. The first-order valence-corrected chi connectivity index (χ1v) is 6.43. The highest BCUT2D eigenvalue weighted by Crippen LogP contribution is 2.16. The normalized spacial score (nSPS) is 11.8. The van der Waals surface area contributed by atoms with E-state index in [2.05, 4.69) is 20.7 Å². The minimum Gasteiger partial charge on any atom is -0.469 e. The highest BCUT2D eigenvalue weighted by atomic mass is 79.9. The molecule has 4 nitrogen and oxygen atoms in total. The predicted molar refractivity (Wildman–Crippen MR) is 72.2 cm³/mol. The number of carbonyl (C=O) groups is 2. The predicted octanol–water partition coefficient (Wildman–Crippen LogP) is 2.47. The number of carbonyl (C=O) groups excluding carboxylic acids is 2. The SMILES string of the molecule is COC(=O)C(C)CN(C)C(=O)c1cc(F)cc(Br)c1. The molecule has 1 atom stereocenters. The van der Waals surface area contributed by atoms with Crippen LogP contribution in [0.5, 0.6) is 0 Å². The third-order valence-electron chi connectivity index (χ3n) is 2.61. The molecule has 0 spiro atoms. The smallest absolute Gasteiger partial charge is 0.310 e. The van der Waals surface area contributed by atoms with Gasteiger partial charge in [0.05, 0.1) is 13.0 Å².